The Hall–Kier alpha value is -0.690. The second-order valence-electron chi connectivity index (χ2n) is 9.33. The molecule has 0 saturated heterocycles. The minimum Gasteiger partial charge on any atom is -0.420 e. The molecule has 0 heterocycles. The smallest absolute Gasteiger partial charge is 0.420 e. The molecule has 180 valence electrons. The summed E-state index contributed by atoms with van der Waals surface area (Å²) < 4.78 is 30.2. The van der Waals surface area contributed by atoms with Gasteiger partial charge in [0.25, 0.3) is 0 Å². The Morgan fingerprint density at radius 2 is 1.19 bits per heavy atom. The second-order valence-corrected chi connectivity index (χ2v) is 9.91. The van der Waals surface area contributed by atoms with E-state index in [1.54, 1.807) is 6.07 Å². The normalized spacial score (nSPS) is 12.5. The third-order valence-electron chi connectivity index (χ3n) is 6.35. The van der Waals surface area contributed by atoms with Crippen molar-refractivity contribution in [2.45, 2.75) is 136 Å². The average molecular weight is 457 g/mol. The summed E-state index contributed by atoms with van der Waals surface area (Å²) in [6.45, 7) is 6.41. The van der Waals surface area contributed by atoms with Crippen molar-refractivity contribution >= 4 is 8.77 Å². The molecule has 1 rings (SSSR count). The van der Waals surface area contributed by atoms with E-state index in [1.165, 1.54) is 96.3 Å². The van der Waals surface area contributed by atoms with Crippen molar-refractivity contribution in [1.82, 2.24) is 0 Å². The lowest BCUT2D eigenvalue weighted by atomic mass is 9.93. The van der Waals surface area contributed by atoms with Crippen LogP contribution in [0.5, 0.6) is 5.75 Å². The van der Waals surface area contributed by atoms with Gasteiger partial charge in [0.15, 0.2) is 0 Å². The lowest BCUT2D eigenvalue weighted by Gasteiger charge is -2.17. The molecule has 0 radical (unpaired) electrons. The van der Waals surface area contributed by atoms with E-state index in [0.717, 1.165) is 24.0 Å². The van der Waals surface area contributed by atoms with E-state index in [4.69, 9.17) is 4.52 Å². The summed E-state index contributed by atoms with van der Waals surface area (Å²) >= 11 is 0. The summed E-state index contributed by atoms with van der Waals surface area (Å²) in [6, 6.07) is 5.55. The fourth-order valence-electron chi connectivity index (χ4n) is 4.36. The summed E-state index contributed by atoms with van der Waals surface area (Å²) in [5.74, 6) is 0.627. The summed E-state index contributed by atoms with van der Waals surface area (Å²) in [4.78, 5) is 0. The molecule has 1 atom stereocenters. The van der Waals surface area contributed by atoms with Crippen LogP contribution < -0.4 is 4.52 Å². The summed E-state index contributed by atoms with van der Waals surface area (Å²) in [5, 5.41) is 0. The summed E-state index contributed by atoms with van der Waals surface area (Å²) in [7, 11) is -3.36. The molecule has 0 aliphatic heterocycles. The second kappa shape index (κ2) is 18.8. The maximum Gasteiger partial charge on any atom is 0.481 e. The highest BCUT2D eigenvalue weighted by molar-refractivity contribution is 7.41. The highest BCUT2D eigenvalue weighted by Gasteiger charge is 2.16. The molecule has 4 heteroatoms. The molecule has 0 bridgehead atoms. The number of aryl methyl sites for hydroxylation is 1. The Bertz CT molecular complexity index is 550. The minimum atomic E-state index is -3.36. The summed E-state index contributed by atoms with van der Waals surface area (Å²) in [5.41, 5.74) is 2.03. The Balaban J connectivity index is 1.99. The summed E-state index contributed by atoms with van der Waals surface area (Å²) in [6.07, 6.45) is 22.9. The van der Waals surface area contributed by atoms with Crippen molar-refractivity contribution in [3.63, 3.8) is 0 Å². The molecule has 1 nitrogen and oxygen atoms in total. The first-order valence-corrected chi connectivity index (χ1v) is 14.0. The van der Waals surface area contributed by atoms with E-state index in [-0.39, 0.29) is 5.92 Å². The first-order chi connectivity index (χ1) is 15.0. The van der Waals surface area contributed by atoms with Gasteiger partial charge in [-0.1, -0.05) is 134 Å². The van der Waals surface area contributed by atoms with Crippen LogP contribution in [0.25, 0.3) is 0 Å². The SMILES string of the molecule is CCCCCCCCCCCCCCCCCCC(C)c1cc(C)ccc1OP(F)F. The van der Waals surface area contributed by atoms with Crippen LogP contribution in [-0.2, 0) is 0 Å². The molecule has 0 aliphatic carbocycles. The highest BCUT2D eigenvalue weighted by atomic mass is 31.2. The van der Waals surface area contributed by atoms with Gasteiger partial charge in [-0.05, 0) is 30.9 Å². The quantitative estimate of drug-likeness (QED) is 0.140. The van der Waals surface area contributed by atoms with Crippen LogP contribution in [0.2, 0.25) is 0 Å². The molecule has 0 amide bonds. The Morgan fingerprint density at radius 3 is 1.65 bits per heavy atom. The molecule has 31 heavy (non-hydrogen) atoms. The zero-order valence-corrected chi connectivity index (χ0v) is 21.3. The third-order valence-corrected chi connectivity index (χ3v) is 6.69. The minimum absolute atomic E-state index is 0.261. The zero-order chi connectivity index (χ0) is 22.7. The van der Waals surface area contributed by atoms with Crippen molar-refractivity contribution in [3.05, 3.63) is 29.3 Å². The molecular weight excluding hydrogens is 409 g/mol. The first-order valence-electron chi connectivity index (χ1n) is 12.9. The average Bonchev–Trinajstić information content (AvgIpc) is 2.74. The van der Waals surface area contributed by atoms with Crippen molar-refractivity contribution in [2.75, 3.05) is 0 Å². The van der Waals surface area contributed by atoms with Crippen LogP contribution in [-0.4, -0.2) is 0 Å². The van der Waals surface area contributed by atoms with Gasteiger partial charge >= 0.3 is 8.77 Å². The van der Waals surface area contributed by atoms with Gasteiger partial charge in [-0.2, -0.15) is 0 Å². The monoisotopic (exact) mass is 456 g/mol. The Labute approximate surface area is 192 Å². The van der Waals surface area contributed by atoms with Gasteiger partial charge in [-0.15, -0.1) is 8.39 Å². The van der Waals surface area contributed by atoms with E-state index < -0.39 is 8.77 Å². The van der Waals surface area contributed by atoms with Crippen molar-refractivity contribution in [1.29, 1.82) is 0 Å². The molecule has 0 aliphatic rings. The number of hydrogen-bond acceptors (Lipinski definition) is 1. The Morgan fingerprint density at radius 1 is 0.742 bits per heavy atom. The van der Waals surface area contributed by atoms with Crippen LogP contribution in [0.3, 0.4) is 0 Å². The largest absolute Gasteiger partial charge is 0.481 e. The van der Waals surface area contributed by atoms with Gasteiger partial charge in [0.1, 0.15) is 5.75 Å². The van der Waals surface area contributed by atoms with Gasteiger partial charge in [-0.3, -0.25) is 0 Å². The third kappa shape index (κ3) is 14.9. The van der Waals surface area contributed by atoms with Crippen LogP contribution in [0.15, 0.2) is 18.2 Å². The van der Waals surface area contributed by atoms with Crippen molar-refractivity contribution in [3.8, 4) is 5.75 Å². The van der Waals surface area contributed by atoms with Gasteiger partial charge < -0.3 is 4.52 Å². The van der Waals surface area contributed by atoms with Gasteiger partial charge in [0.05, 0.1) is 0 Å². The lowest BCUT2D eigenvalue weighted by Crippen LogP contribution is -1.98. The van der Waals surface area contributed by atoms with Crippen LogP contribution >= 0.6 is 8.77 Å². The molecule has 0 spiro atoms. The van der Waals surface area contributed by atoms with E-state index in [2.05, 4.69) is 13.8 Å². The maximum atomic E-state index is 12.7. The molecule has 1 aromatic rings. The van der Waals surface area contributed by atoms with Gasteiger partial charge in [0.2, 0.25) is 0 Å². The molecule has 0 aromatic heterocycles. The topological polar surface area (TPSA) is 9.23 Å². The number of rotatable bonds is 20. The van der Waals surface area contributed by atoms with Crippen LogP contribution in [0.4, 0.5) is 8.39 Å². The molecule has 0 N–H and O–H groups in total. The van der Waals surface area contributed by atoms with Crippen molar-refractivity contribution < 1.29 is 12.9 Å². The van der Waals surface area contributed by atoms with Crippen LogP contribution in [0, 0.1) is 6.92 Å². The Kier molecular flexibility index (Phi) is 17.2. The fraction of sp³-hybridized carbons (Fsp3) is 0.778. The van der Waals surface area contributed by atoms with Gasteiger partial charge in [0, 0.05) is 0 Å². The van der Waals surface area contributed by atoms with Crippen LogP contribution in [0.1, 0.15) is 140 Å². The highest BCUT2D eigenvalue weighted by Crippen LogP contribution is 2.44. The molecule has 1 unspecified atom stereocenters. The van der Waals surface area contributed by atoms with Crippen molar-refractivity contribution in [2.24, 2.45) is 0 Å². The van der Waals surface area contributed by atoms with E-state index >= 15 is 0 Å². The predicted molar refractivity (Wildman–Crippen MR) is 134 cm³/mol. The zero-order valence-electron chi connectivity index (χ0n) is 20.4. The van der Waals surface area contributed by atoms with E-state index in [0.29, 0.717) is 5.75 Å². The predicted octanol–water partition coefficient (Wildman–Crippen LogP) is 11.3. The number of hydrogen-bond donors (Lipinski definition) is 0. The van der Waals surface area contributed by atoms with E-state index in [1.807, 2.05) is 19.1 Å². The molecule has 0 saturated carbocycles. The first kappa shape index (κ1) is 28.3. The van der Waals surface area contributed by atoms with Gasteiger partial charge in [-0.25, -0.2) is 0 Å². The number of halogens is 2. The van der Waals surface area contributed by atoms with E-state index in [9.17, 15) is 8.39 Å². The standard InChI is InChI=1S/C27H47F2OP/c1-4-5-6-7-8-9-10-11-12-13-14-15-16-17-18-19-20-25(3)26-23-24(2)21-22-27(26)30-31(28)29/h21-23,25H,4-20H2,1-3H3. The lowest BCUT2D eigenvalue weighted by molar-refractivity contribution is 0.489. The fourth-order valence-corrected chi connectivity index (χ4v) is 4.68. The number of unbranched alkanes of at least 4 members (excludes halogenated alkanes) is 15. The molecule has 0 fully saturated rings. The maximum absolute atomic E-state index is 12.7. The molecular formula is C27H47F2OP. The molecule has 1 aromatic carbocycles. The number of benzene rings is 1.